The molecule has 1 aliphatic heterocycles. The molecule has 0 amide bonds. The third-order valence-corrected chi connectivity index (χ3v) is 5.42. The minimum Gasteiger partial charge on any atom is -0.390 e. The van der Waals surface area contributed by atoms with E-state index in [9.17, 15) is 5.11 Å². The molecule has 0 radical (unpaired) electrons. The molecule has 1 saturated heterocycles. The third-order valence-electron chi connectivity index (χ3n) is 5.42. The van der Waals surface area contributed by atoms with Crippen LogP contribution in [0.2, 0.25) is 0 Å². The van der Waals surface area contributed by atoms with Crippen LogP contribution in [0.4, 0.5) is 5.82 Å². The number of hydrogen-bond donors (Lipinski definition) is 2. The van der Waals surface area contributed by atoms with Crippen molar-refractivity contribution in [3.8, 4) is 11.3 Å². The maximum Gasteiger partial charge on any atom is 0.155 e. The van der Waals surface area contributed by atoms with Crippen molar-refractivity contribution in [2.75, 3.05) is 18.0 Å². The van der Waals surface area contributed by atoms with Gasteiger partial charge in [-0.15, -0.1) is 5.10 Å². The van der Waals surface area contributed by atoms with Gasteiger partial charge in [-0.1, -0.05) is 0 Å². The highest BCUT2D eigenvalue weighted by atomic mass is 16.3. The molecule has 8 nitrogen and oxygen atoms in total. The summed E-state index contributed by atoms with van der Waals surface area (Å²) in [5, 5.41) is 23.1. The molecule has 27 heavy (non-hydrogen) atoms. The molecule has 8 heteroatoms. The Morgan fingerprint density at radius 1 is 1.15 bits per heavy atom. The van der Waals surface area contributed by atoms with Crippen molar-refractivity contribution in [1.82, 2.24) is 29.8 Å². The number of aromatic nitrogens is 6. The summed E-state index contributed by atoms with van der Waals surface area (Å²) in [6, 6.07) is 6.04. The quantitative estimate of drug-likeness (QED) is 0.567. The Balaban J connectivity index is 1.56. The average Bonchev–Trinajstić information content (AvgIpc) is 3.25. The van der Waals surface area contributed by atoms with Gasteiger partial charge in [-0.2, -0.15) is 5.10 Å². The minimum atomic E-state index is -0.579. The zero-order chi connectivity index (χ0) is 18.6. The highest BCUT2D eigenvalue weighted by Crippen LogP contribution is 2.27. The summed E-state index contributed by atoms with van der Waals surface area (Å²) in [7, 11) is 0. The van der Waals surface area contributed by atoms with Crippen molar-refractivity contribution in [1.29, 1.82) is 0 Å². The maximum absolute atomic E-state index is 10.2. The Kier molecular flexibility index (Phi) is 3.45. The number of rotatable bonds is 2. The van der Waals surface area contributed by atoms with Crippen molar-refractivity contribution in [3.05, 3.63) is 36.3 Å². The van der Waals surface area contributed by atoms with Gasteiger partial charge in [0, 0.05) is 30.2 Å². The molecule has 0 atom stereocenters. The van der Waals surface area contributed by atoms with Crippen LogP contribution in [0.1, 0.15) is 25.5 Å². The van der Waals surface area contributed by atoms with E-state index in [0.29, 0.717) is 0 Å². The van der Waals surface area contributed by atoms with E-state index in [4.69, 9.17) is 5.10 Å². The number of pyridine rings is 1. The van der Waals surface area contributed by atoms with Crippen LogP contribution in [0.5, 0.6) is 0 Å². The number of aromatic amines is 1. The Labute approximate surface area is 155 Å². The zero-order valence-electron chi connectivity index (χ0n) is 15.3. The zero-order valence-corrected chi connectivity index (χ0v) is 15.3. The predicted molar refractivity (Wildman–Crippen MR) is 103 cm³/mol. The molecule has 1 fully saturated rings. The largest absolute Gasteiger partial charge is 0.390 e. The minimum absolute atomic E-state index is 0.579. The second-order valence-electron chi connectivity index (χ2n) is 7.52. The van der Waals surface area contributed by atoms with Gasteiger partial charge in [-0.3, -0.25) is 5.10 Å². The fourth-order valence-electron chi connectivity index (χ4n) is 3.61. The topological polar surface area (TPSA) is 95.2 Å². The van der Waals surface area contributed by atoms with E-state index in [2.05, 4.69) is 31.1 Å². The summed E-state index contributed by atoms with van der Waals surface area (Å²) < 4.78 is 1.86. The van der Waals surface area contributed by atoms with E-state index in [1.54, 1.807) is 0 Å². The summed E-state index contributed by atoms with van der Waals surface area (Å²) in [4.78, 5) is 11.2. The molecule has 0 aromatic carbocycles. The Hall–Kier alpha value is -3.00. The molecule has 4 aromatic rings. The average molecular weight is 363 g/mol. The van der Waals surface area contributed by atoms with Gasteiger partial charge < -0.3 is 10.0 Å². The number of aryl methyl sites for hydroxylation is 1. The second-order valence-corrected chi connectivity index (χ2v) is 7.52. The summed E-state index contributed by atoms with van der Waals surface area (Å²) >= 11 is 0. The Bertz CT molecular complexity index is 1130. The first-order chi connectivity index (χ1) is 13.0. The van der Waals surface area contributed by atoms with Crippen LogP contribution in [0, 0.1) is 6.92 Å². The Morgan fingerprint density at radius 3 is 2.78 bits per heavy atom. The lowest BCUT2D eigenvalue weighted by Gasteiger charge is -2.36. The van der Waals surface area contributed by atoms with E-state index in [1.807, 2.05) is 42.9 Å². The lowest BCUT2D eigenvalue weighted by atomic mass is 9.94. The third kappa shape index (κ3) is 2.73. The van der Waals surface area contributed by atoms with Gasteiger partial charge >= 0.3 is 0 Å². The fraction of sp³-hybridized carbons (Fsp3) is 0.368. The van der Waals surface area contributed by atoms with E-state index in [-0.39, 0.29) is 0 Å². The molecule has 0 aliphatic carbocycles. The molecular formula is C19H21N7O. The van der Waals surface area contributed by atoms with Crippen LogP contribution in [0.15, 0.2) is 30.6 Å². The normalized spacial score (nSPS) is 17.1. The van der Waals surface area contributed by atoms with Gasteiger partial charge in [0.2, 0.25) is 0 Å². The number of piperidine rings is 1. The number of aliphatic hydroxyl groups is 1. The number of hydrogen-bond acceptors (Lipinski definition) is 6. The van der Waals surface area contributed by atoms with Crippen molar-refractivity contribution in [3.63, 3.8) is 0 Å². The highest BCUT2D eigenvalue weighted by Gasteiger charge is 2.28. The number of nitrogens with one attached hydrogen (secondary N) is 1. The van der Waals surface area contributed by atoms with Gasteiger partial charge in [0.1, 0.15) is 5.82 Å². The van der Waals surface area contributed by atoms with E-state index in [0.717, 1.165) is 65.4 Å². The first-order valence-corrected chi connectivity index (χ1v) is 9.13. The monoisotopic (exact) mass is 363 g/mol. The number of nitrogens with zero attached hydrogens (tertiary/aromatic N) is 6. The standard InChI is InChI=1S/C19H21N7O/c1-12-14-9-13(10-21-18(14)23-22-12)15-11-20-16-3-4-17(24-26(15)16)25-7-5-19(2,27)6-8-25/h3-4,9-11,27H,5-8H2,1-2H3,(H,21,22,23). The van der Waals surface area contributed by atoms with Gasteiger partial charge in [-0.25, -0.2) is 14.5 Å². The highest BCUT2D eigenvalue weighted by molar-refractivity contribution is 5.82. The summed E-state index contributed by atoms with van der Waals surface area (Å²) in [5.74, 6) is 0.894. The van der Waals surface area contributed by atoms with Gasteiger partial charge in [-0.05, 0) is 44.9 Å². The van der Waals surface area contributed by atoms with Crippen LogP contribution in [0.25, 0.3) is 27.9 Å². The van der Waals surface area contributed by atoms with Crippen molar-refractivity contribution in [2.45, 2.75) is 32.3 Å². The number of fused-ring (bicyclic) bond motifs is 2. The fourth-order valence-corrected chi connectivity index (χ4v) is 3.61. The lowest BCUT2D eigenvalue weighted by molar-refractivity contribution is 0.0350. The van der Waals surface area contributed by atoms with Crippen LogP contribution >= 0.6 is 0 Å². The lowest BCUT2D eigenvalue weighted by Crippen LogP contribution is -2.42. The molecule has 0 bridgehead atoms. The van der Waals surface area contributed by atoms with Crippen LogP contribution in [-0.2, 0) is 0 Å². The molecular weight excluding hydrogens is 342 g/mol. The summed E-state index contributed by atoms with van der Waals surface area (Å²) in [6.45, 7) is 5.44. The number of H-pyrrole nitrogens is 1. The second kappa shape index (κ2) is 5.75. The first-order valence-electron chi connectivity index (χ1n) is 9.13. The molecule has 4 aromatic heterocycles. The van der Waals surface area contributed by atoms with Crippen molar-refractivity contribution < 1.29 is 5.11 Å². The van der Waals surface area contributed by atoms with E-state index >= 15 is 0 Å². The number of anilines is 1. The Morgan fingerprint density at radius 2 is 1.96 bits per heavy atom. The maximum atomic E-state index is 10.2. The molecule has 138 valence electrons. The van der Waals surface area contributed by atoms with E-state index in [1.165, 1.54) is 0 Å². The summed E-state index contributed by atoms with van der Waals surface area (Å²) in [6.07, 6.45) is 5.12. The predicted octanol–water partition coefficient (Wildman–Crippen LogP) is 2.33. The van der Waals surface area contributed by atoms with E-state index < -0.39 is 5.60 Å². The van der Waals surface area contributed by atoms with Crippen LogP contribution in [-0.4, -0.2) is 53.6 Å². The van der Waals surface area contributed by atoms with Crippen molar-refractivity contribution >= 4 is 22.5 Å². The smallest absolute Gasteiger partial charge is 0.155 e. The molecule has 5 rings (SSSR count). The molecule has 5 heterocycles. The van der Waals surface area contributed by atoms with Crippen molar-refractivity contribution in [2.24, 2.45) is 0 Å². The summed E-state index contributed by atoms with van der Waals surface area (Å²) in [5.41, 5.74) is 3.75. The first kappa shape index (κ1) is 16.2. The molecule has 0 saturated carbocycles. The van der Waals surface area contributed by atoms with Crippen LogP contribution < -0.4 is 4.90 Å². The number of imidazole rings is 1. The van der Waals surface area contributed by atoms with Crippen LogP contribution in [0.3, 0.4) is 0 Å². The van der Waals surface area contributed by atoms with Gasteiger partial charge in [0.25, 0.3) is 0 Å². The van der Waals surface area contributed by atoms with Gasteiger partial charge in [0.15, 0.2) is 11.3 Å². The molecule has 1 aliphatic rings. The SMILES string of the molecule is Cc1n[nH]c2ncc(-c3cnc4ccc(N5CCC(C)(O)CC5)nn34)cc12. The molecule has 0 unspecified atom stereocenters. The van der Waals surface area contributed by atoms with Gasteiger partial charge in [0.05, 0.1) is 23.2 Å². The molecule has 2 N–H and O–H groups in total. The molecule has 0 spiro atoms.